The van der Waals surface area contributed by atoms with Gasteiger partial charge in [-0.15, -0.1) is 0 Å². The van der Waals surface area contributed by atoms with E-state index in [0.29, 0.717) is 21.6 Å². The number of hydrogen-bond donors (Lipinski definition) is 1. The van der Waals surface area contributed by atoms with Crippen LogP contribution in [0.4, 0.5) is 11.6 Å². The van der Waals surface area contributed by atoms with Gasteiger partial charge in [0.15, 0.2) is 0 Å². The summed E-state index contributed by atoms with van der Waals surface area (Å²) in [5.41, 5.74) is 4.03. The minimum absolute atomic E-state index is 0.0658. The van der Waals surface area contributed by atoms with Crippen molar-refractivity contribution < 1.29 is 4.79 Å². The van der Waals surface area contributed by atoms with Gasteiger partial charge < -0.3 is 10.2 Å². The molecule has 0 radical (unpaired) electrons. The zero-order valence-corrected chi connectivity index (χ0v) is 18.9. The van der Waals surface area contributed by atoms with E-state index in [4.69, 9.17) is 28.2 Å². The zero-order chi connectivity index (χ0) is 22.1. The van der Waals surface area contributed by atoms with Crippen molar-refractivity contribution in [2.75, 3.05) is 18.4 Å². The van der Waals surface area contributed by atoms with Crippen LogP contribution < -0.4 is 5.32 Å². The Morgan fingerprint density at radius 1 is 0.875 bits per heavy atom. The molecule has 4 aromatic rings. The quantitative estimate of drug-likeness (QED) is 0.365. The van der Waals surface area contributed by atoms with Gasteiger partial charge in [0.05, 0.1) is 16.7 Å². The molecule has 0 bridgehead atoms. The monoisotopic (exact) mass is 464 g/mol. The van der Waals surface area contributed by atoms with Crippen LogP contribution in [0.5, 0.6) is 0 Å². The summed E-state index contributed by atoms with van der Waals surface area (Å²) in [5.74, 6) is 0.697. The first-order valence-corrected chi connectivity index (χ1v) is 11.4. The van der Waals surface area contributed by atoms with E-state index in [1.165, 1.54) is 6.42 Å². The molecule has 1 saturated heterocycles. The maximum Gasteiger partial charge on any atom is 0.253 e. The molecule has 5 rings (SSSR count). The third kappa shape index (κ3) is 4.18. The first-order valence-electron chi connectivity index (χ1n) is 10.7. The molecule has 7 heteroatoms. The first-order chi connectivity index (χ1) is 15.6. The van der Waals surface area contributed by atoms with Crippen LogP contribution in [0.1, 0.15) is 29.6 Å². The lowest BCUT2D eigenvalue weighted by Crippen LogP contribution is -2.35. The van der Waals surface area contributed by atoms with Crippen LogP contribution in [0.15, 0.2) is 66.7 Å². The second-order valence-corrected chi connectivity index (χ2v) is 8.81. The van der Waals surface area contributed by atoms with Crippen molar-refractivity contribution in [3.8, 4) is 5.69 Å². The summed E-state index contributed by atoms with van der Waals surface area (Å²) < 4.78 is 2.00. The Kier molecular flexibility index (Phi) is 5.77. The lowest BCUT2D eigenvalue weighted by molar-refractivity contribution is 0.0724. The van der Waals surface area contributed by atoms with Gasteiger partial charge >= 0.3 is 0 Å². The van der Waals surface area contributed by atoms with E-state index in [-0.39, 0.29) is 5.91 Å². The molecule has 0 spiro atoms. The fraction of sp³-hybridized carbons (Fsp3) is 0.200. The average Bonchev–Trinajstić information content (AvgIpc) is 3.17. The number of nitrogens with zero attached hydrogens (tertiary/aromatic N) is 3. The molecule has 5 nitrogen and oxygen atoms in total. The second kappa shape index (κ2) is 8.85. The molecular formula is C25H22Cl2N4O. The van der Waals surface area contributed by atoms with E-state index < -0.39 is 0 Å². The zero-order valence-electron chi connectivity index (χ0n) is 17.4. The summed E-state index contributed by atoms with van der Waals surface area (Å²) in [5, 5.41) is 4.68. The van der Waals surface area contributed by atoms with Crippen molar-refractivity contribution in [3.63, 3.8) is 0 Å². The van der Waals surface area contributed by atoms with Gasteiger partial charge in [0.2, 0.25) is 5.95 Å². The number of hydrogen-bond acceptors (Lipinski definition) is 3. The van der Waals surface area contributed by atoms with E-state index in [0.717, 1.165) is 48.3 Å². The molecule has 32 heavy (non-hydrogen) atoms. The Labute approximate surface area is 196 Å². The Hall–Kier alpha value is -3.02. The second-order valence-electron chi connectivity index (χ2n) is 7.94. The Bertz CT molecular complexity index is 1280. The van der Waals surface area contributed by atoms with Gasteiger partial charge in [0, 0.05) is 34.4 Å². The Morgan fingerprint density at radius 3 is 2.41 bits per heavy atom. The molecule has 3 aromatic carbocycles. The van der Waals surface area contributed by atoms with Crippen molar-refractivity contribution in [3.05, 3.63) is 82.3 Å². The van der Waals surface area contributed by atoms with Crippen molar-refractivity contribution in [1.29, 1.82) is 0 Å². The number of fused-ring (bicyclic) bond motifs is 1. The van der Waals surface area contributed by atoms with Crippen LogP contribution in [0.2, 0.25) is 10.0 Å². The third-order valence-electron chi connectivity index (χ3n) is 5.71. The van der Waals surface area contributed by atoms with E-state index in [1.54, 1.807) is 0 Å². The van der Waals surface area contributed by atoms with Gasteiger partial charge in [-0.25, -0.2) is 4.98 Å². The smallest absolute Gasteiger partial charge is 0.253 e. The van der Waals surface area contributed by atoms with Crippen molar-refractivity contribution in [2.24, 2.45) is 0 Å². The first kappa shape index (κ1) is 20.9. The molecule has 1 fully saturated rings. The number of piperidine rings is 1. The Morgan fingerprint density at radius 2 is 1.66 bits per heavy atom. The number of nitrogens with one attached hydrogen (secondary N) is 1. The highest BCUT2D eigenvalue weighted by Gasteiger charge is 2.20. The molecule has 0 unspecified atom stereocenters. The minimum atomic E-state index is 0.0658. The number of anilines is 2. The van der Waals surface area contributed by atoms with Gasteiger partial charge in [-0.1, -0.05) is 29.3 Å². The molecular weight excluding hydrogens is 443 g/mol. The molecule has 1 aromatic heterocycles. The van der Waals surface area contributed by atoms with Crippen LogP contribution in [0.25, 0.3) is 16.7 Å². The van der Waals surface area contributed by atoms with Gasteiger partial charge in [-0.3, -0.25) is 9.36 Å². The summed E-state index contributed by atoms with van der Waals surface area (Å²) in [4.78, 5) is 19.8. The van der Waals surface area contributed by atoms with Gasteiger partial charge in [-0.2, -0.15) is 0 Å². The molecule has 1 aliphatic heterocycles. The molecule has 1 aliphatic rings. The van der Waals surface area contributed by atoms with Crippen LogP contribution in [-0.4, -0.2) is 33.4 Å². The van der Waals surface area contributed by atoms with Crippen LogP contribution in [-0.2, 0) is 0 Å². The highest BCUT2D eigenvalue weighted by Crippen LogP contribution is 2.30. The minimum Gasteiger partial charge on any atom is -0.339 e. The topological polar surface area (TPSA) is 50.2 Å². The number of imidazole rings is 1. The van der Waals surface area contributed by atoms with E-state index in [2.05, 4.69) is 5.32 Å². The molecule has 0 saturated carbocycles. The molecule has 1 N–H and O–H groups in total. The fourth-order valence-electron chi connectivity index (χ4n) is 4.12. The van der Waals surface area contributed by atoms with Crippen molar-refractivity contribution in [1.82, 2.24) is 14.5 Å². The number of benzene rings is 3. The molecule has 2 heterocycles. The number of amides is 1. The fourth-order valence-corrected chi connectivity index (χ4v) is 4.43. The number of carbonyl (C=O) groups excluding carboxylic acids is 1. The van der Waals surface area contributed by atoms with Crippen molar-refractivity contribution in [2.45, 2.75) is 19.3 Å². The number of rotatable bonds is 4. The summed E-state index contributed by atoms with van der Waals surface area (Å²) in [6.07, 6.45) is 3.31. The molecule has 0 aliphatic carbocycles. The maximum atomic E-state index is 13.0. The van der Waals surface area contributed by atoms with Crippen molar-refractivity contribution >= 4 is 51.8 Å². The third-order valence-corrected chi connectivity index (χ3v) is 6.20. The highest BCUT2D eigenvalue weighted by atomic mass is 35.5. The van der Waals surface area contributed by atoms with E-state index in [1.807, 2.05) is 76.2 Å². The summed E-state index contributed by atoms with van der Waals surface area (Å²) in [6, 6.07) is 20.8. The SMILES string of the molecule is O=C(c1ccc2c(c1)nc(Nc1ccc(Cl)cc1)n2-c1cccc(Cl)c1)N1CCCCC1. The van der Waals surface area contributed by atoms with E-state index in [9.17, 15) is 4.79 Å². The van der Waals surface area contributed by atoms with E-state index >= 15 is 0 Å². The number of halogens is 2. The van der Waals surface area contributed by atoms with Gasteiger partial charge in [0.1, 0.15) is 0 Å². The Balaban J connectivity index is 1.59. The van der Waals surface area contributed by atoms with Gasteiger partial charge in [0.25, 0.3) is 5.91 Å². The lowest BCUT2D eigenvalue weighted by atomic mass is 10.1. The predicted molar refractivity (Wildman–Crippen MR) is 131 cm³/mol. The molecule has 162 valence electrons. The summed E-state index contributed by atoms with van der Waals surface area (Å²) in [6.45, 7) is 1.63. The van der Waals surface area contributed by atoms with Crippen LogP contribution in [0.3, 0.4) is 0 Å². The molecule has 0 atom stereocenters. The largest absolute Gasteiger partial charge is 0.339 e. The molecule has 1 amide bonds. The number of carbonyl (C=O) groups is 1. The number of likely N-dealkylation sites (tertiary alicyclic amines) is 1. The lowest BCUT2D eigenvalue weighted by Gasteiger charge is -2.26. The summed E-state index contributed by atoms with van der Waals surface area (Å²) >= 11 is 12.3. The predicted octanol–water partition coefficient (Wildman–Crippen LogP) is 6.70. The van der Waals surface area contributed by atoms with Crippen LogP contribution in [0, 0.1) is 0 Å². The van der Waals surface area contributed by atoms with Crippen LogP contribution >= 0.6 is 23.2 Å². The standard InChI is InChI=1S/C25H22Cl2N4O/c26-18-8-10-20(11-9-18)28-25-29-22-15-17(24(32)30-13-2-1-3-14-30)7-12-23(22)31(25)21-6-4-5-19(27)16-21/h4-12,15-16H,1-3,13-14H2,(H,28,29). The number of aromatic nitrogens is 2. The highest BCUT2D eigenvalue weighted by molar-refractivity contribution is 6.31. The maximum absolute atomic E-state index is 13.0. The van der Waals surface area contributed by atoms with Gasteiger partial charge in [-0.05, 0) is 79.9 Å². The summed E-state index contributed by atoms with van der Waals surface area (Å²) in [7, 11) is 0. The average molecular weight is 465 g/mol. The normalized spacial score (nSPS) is 14.0.